The van der Waals surface area contributed by atoms with Crippen molar-refractivity contribution in [3.63, 3.8) is 0 Å². The third-order valence-corrected chi connectivity index (χ3v) is 4.83. The highest BCUT2D eigenvalue weighted by atomic mass is 35.5. The van der Waals surface area contributed by atoms with E-state index in [1.54, 1.807) is 26.4 Å². The summed E-state index contributed by atoms with van der Waals surface area (Å²) < 4.78 is 30.3. The monoisotopic (exact) mass is 451 g/mol. The molecule has 0 unspecified atom stereocenters. The summed E-state index contributed by atoms with van der Waals surface area (Å²) in [6, 6.07) is 18.2. The minimum absolute atomic E-state index is 0. The first-order chi connectivity index (χ1) is 14.1. The normalized spacial score (nSPS) is 10.3. The molecule has 0 atom stereocenters. The molecule has 0 aliphatic heterocycles. The number of hydrogen-bond acceptors (Lipinski definition) is 4. The maximum absolute atomic E-state index is 13.9. The van der Waals surface area contributed by atoms with E-state index < -0.39 is 5.82 Å². The van der Waals surface area contributed by atoms with Crippen LogP contribution in [0, 0.1) is 5.82 Å². The molecule has 0 aliphatic rings. The SMILES string of the molecule is COc1ccc(CNCc2ccc(OCc3c(F)cccc3Cl)c(OC)c2)cc1.Cl. The Kier molecular flexibility index (Phi) is 9.24. The molecule has 0 heterocycles. The first kappa shape index (κ1) is 23.8. The van der Waals surface area contributed by atoms with Gasteiger partial charge in [-0.15, -0.1) is 12.4 Å². The Labute approximate surface area is 187 Å². The Morgan fingerprint density at radius 3 is 2.23 bits per heavy atom. The summed E-state index contributed by atoms with van der Waals surface area (Å²) in [6.45, 7) is 1.43. The molecule has 0 aromatic heterocycles. The van der Waals surface area contributed by atoms with Crippen LogP contribution in [-0.4, -0.2) is 14.2 Å². The molecule has 0 saturated heterocycles. The fourth-order valence-corrected chi connectivity index (χ4v) is 3.07. The van der Waals surface area contributed by atoms with Crippen LogP contribution in [0.3, 0.4) is 0 Å². The summed E-state index contributed by atoms with van der Waals surface area (Å²) in [7, 11) is 3.23. The van der Waals surface area contributed by atoms with Crippen molar-refractivity contribution in [3.05, 3.63) is 88.2 Å². The van der Waals surface area contributed by atoms with Gasteiger partial charge in [0.2, 0.25) is 0 Å². The molecule has 160 valence electrons. The highest BCUT2D eigenvalue weighted by Crippen LogP contribution is 2.30. The molecule has 7 heteroatoms. The average Bonchev–Trinajstić information content (AvgIpc) is 2.74. The van der Waals surface area contributed by atoms with E-state index in [4.69, 9.17) is 25.8 Å². The molecule has 0 fully saturated rings. The predicted octanol–water partition coefficient (Wildman–Crippen LogP) is 5.79. The van der Waals surface area contributed by atoms with Crippen LogP contribution in [0.25, 0.3) is 0 Å². The molecule has 0 amide bonds. The average molecular weight is 452 g/mol. The maximum Gasteiger partial charge on any atom is 0.161 e. The highest BCUT2D eigenvalue weighted by molar-refractivity contribution is 6.31. The zero-order valence-corrected chi connectivity index (χ0v) is 18.4. The van der Waals surface area contributed by atoms with Crippen molar-refractivity contribution in [1.29, 1.82) is 0 Å². The van der Waals surface area contributed by atoms with E-state index in [2.05, 4.69) is 5.32 Å². The Hall–Kier alpha value is -2.47. The number of nitrogens with one attached hydrogen (secondary N) is 1. The van der Waals surface area contributed by atoms with E-state index in [9.17, 15) is 4.39 Å². The van der Waals surface area contributed by atoms with Crippen LogP contribution >= 0.6 is 24.0 Å². The van der Waals surface area contributed by atoms with Crippen molar-refractivity contribution in [1.82, 2.24) is 5.32 Å². The molecule has 3 rings (SSSR count). The molecule has 30 heavy (non-hydrogen) atoms. The minimum atomic E-state index is -0.393. The number of halogens is 3. The predicted molar refractivity (Wildman–Crippen MR) is 120 cm³/mol. The molecule has 0 saturated carbocycles. The smallest absolute Gasteiger partial charge is 0.161 e. The maximum atomic E-state index is 13.9. The molecular formula is C23H24Cl2FNO3. The quantitative estimate of drug-likeness (QED) is 0.447. The van der Waals surface area contributed by atoms with Gasteiger partial charge in [-0.25, -0.2) is 4.39 Å². The zero-order chi connectivity index (χ0) is 20.6. The van der Waals surface area contributed by atoms with Crippen molar-refractivity contribution >= 4 is 24.0 Å². The van der Waals surface area contributed by atoms with E-state index >= 15 is 0 Å². The second-order valence-corrected chi connectivity index (χ2v) is 6.83. The number of benzene rings is 3. The van der Waals surface area contributed by atoms with Gasteiger partial charge in [-0.2, -0.15) is 0 Å². The Balaban J connectivity index is 0.00000320. The zero-order valence-electron chi connectivity index (χ0n) is 16.8. The molecule has 0 radical (unpaired) electrons. The lowest BCUT2D eigenvalue weighted by Gasteiger charge is -2.14. The highest BCUT2D eigenvalue weighted by Gasteiger charge is 2.11. The lowest BCUT2D eigenvalue weighted by atomic mass is 10.1. The Morgan fingerprint density at radius 2 is 1.57 bits per heavy atom. The van der Waals surface area contributed by atoms with E-state index in [1.165, 1.54) is 11.6 Å². The van der Waals surface area contributed by atoms with Gasteiger partial charge in [0, 0.05) is 18.7 Å². The number of methoxy groups -OCH3 is 2. The first-order valence-corrected chi connectivity index (χ1v) is 9.54. The Morgan fingerprint density at radius 1 is 0.867 bits per heavy atom. The minimum Gasteiger partial charge on any atom is -0.497 e. The van der Waals surface area contributed by atoms with Gasteiger partial charge in [-0.1, -0.05) is 35.9 Å². The van der Waals surface area contributed by atoms with Gasteiger partial charge >= 0.3 is 0 Å². The molecule has 0 bridgehead atoms. The van der Waals surface area contributed by atoms with Crippen molar-refractivity contribution in [2.24, 2.45) is 0 Å². The molecule has 4 nitrogen and oxygen atoms in total. The van der Waals surface area contributed by atoms with Crippen molar-refractivity contribution < 1.29 is 18.6 Å². The molecular weight excluding hydrogens is 428 g/mol. The Bertz CT molecular complexity index is 931. The molecule has 3 aromatic carbocycles. The topological polar surface area (TPSA) is 39.7 Å². The van der Waals surface area contributed by atoms with Crippen molar-refractivity contribution in [2.75, 3.05) is 14.2 Å². The van der Waals surface area contributed by atoms with Crippen LogP contribution in [0.15, 0.2) is 60.7 Å². The first-order valence-electron chi connectivity index (χ1n) is 9.17. The van der Waals surface area contributed by atoms with Gasteiger partial charge in [0.15, 0.2) is 11.5 Å². The lowest BCUT2D eigenvalue weighted by Crippen LogP contribution is -2.12. The van der Waals surface area contributed by atoms with Gasteiger partial charge in [0.1, 0.15) is 18.2 Å². The second kappa shape index (κ2) is 11.6. The van der Waals surface area contributed by atoms with Gasteiger partial charge < -0.3 is 19.5 Å². The molecule has 0 spiro atoms. The molecule has 1 N–H and O–H groups in total. The fourth-order valence-electron chi connectivity index (χ4n) is 2.86. The molecule has 0 aliphatic carbocycles. The third-order valence-electron chi connectivity index (χ3n) is 4.48. The van der Waals surface area contributed by atoms with E-state index in [0.29, 0.717) is 28.6 Å². The summed E-state index contributed by atoms with van der Waals surface area (Å²) in [6.07, 6.45) is 0. The van der Waals surface area contributed by atoms with E-state index in [-0.39, 0.29) is 19.0 Å². The van der Waals surface area contributed by atoms with Crippen LogP contribution in [0.4, 0.5) is 4.39 Å². The largest absolute Gasteiger partial charge is 0.497 e. The van der Waals surface area contributed by atoms with Crippen LogP contribution in [-0.2, 0) is 19.7 Å². The molecule has 3 aromatic rings. The fraction of sp³-hybridized carbons (Fsp3) is 0.217. The van der Waals surface area contributed by atoms with E-state index in [1.807, 2.05) is 42.5 Å². The van der Waals surface area contributed by atoms with Crippen LogP contribution in [0.5, 0.6) is 17.2 Å². The van der Waals surface area contributed by atoms with Crippen molar-refractivity contribution in [2.45, 2.75) is 19.7 Å². The number of rotatable bonds is 9. The third kappa shape index (κ3) is 6.26. The summed E-state index contributed by atoms with van der Waals surface area (Å²) >= 11 is 6.05. The van der Waals surface area contributed by atoms with Crippen LogP contribution < -0.4 is 19.5 Å². The lowest BCUT2D eigenvalue weighted by molar-refractivity contribution is 0.279. The number of ether oxygens (including phenoxy) is 3. The standard InChI is InChI=1S/C23H23ClFNO3.ClH/c1-27-18-9-6-16(7-10-18)13-26-14-17-8-11-22(23(12-17)28-2)29-15-19-20(24)4-3-5-21(19)25;/h3-12,26H,13-15H2,1-2H3;1H. The van der Waals surface area contributed by atoms with E-state index in [0.717, 1.165) is 17.9 Å². The van der Waals surface area contributed by atoms with Gasteiger partial charge in [-0.3, -0.25) is 0 Å². The summed E-state index contributed by atoms with van der Waals surface area (Å²) in [5.41, 5.74) is 2.53. The van der Waals surface area contributed by atoms with Crippen LogP contribution in [0.1, 0.15) is 16.7 Å². The number of hydrogen-bond donors (Lipinski definition) is 1. The summed E-state index contributed by atoms with van der Waals surface area (Å²) in [4.78, 5) is 0. The van der Waals surface area contributed by atoms with Gasteiger partial charge in [0.25, 0.3) is 0 Å². The van der Waals surface area contributed by atoms with Crippen molar-refractivity contribution in [3.8, 4) is 17.2 Å². The summed E-state index contributed by atoms with van der Waals surface area (Å²) in [5.74, 6) is 1.56. The summed E-state index contributed by atoms with van der Waals surface area (Å²) in [5, 5.41) is 3.73. The van der Waals surface area contributed by atoms with Gasteiger partial charge in [0.05, 0.1) is 19.2 Å². The van der Waals surface area contributed by atoms with Crippen LogP contribution in [0.2, 0.25) is 5.02 Å². The van der Waals surface area contributed by atoms with Gasteiger partial charge in [-0.05, 0) is 47.5 Å². The second-order valence-electron chi connectivity index (χ2n) is 6.43.